The topological polar surface area (TPSA) is 32.5 Å². The maximum Gasteiger partial charge on any atom is 0.227 e. The first-order valence-corrected chi connectivity index (χ1v) is 18.2. The van der Waals surface area contributed by atoms with E-state index >= 15 is 0 Å². The molecule has 0 bridgehead atoms. The standard InChI is InChI=1S/C47H31N3OS/c1-5-17-32(18-6-1)47-48-44-41(50(36-24-11-4-12-25-36)40-29-16-27-38-37-26-13-14-30-42(37)52-46(38)40)31-33-19-15-28-39(43(33)45(44)51-47)49(34-20-7-2-8-21-34)35-22-9-3-10-23-35/h1-31H. The smallest absolute Gasteiger partial charge is 0.227 e. The molecule has 0 saturated heterocycles. The van der Waals surface area contributed by atoms with Crippen molar-refractivity contribution < 1.29 is 4.42 Å². The summed E-state index contributed by atoms with van der Waals surface area (Å²) >= 11 is 1.83. The highest BCUT2D eigenvalue weighted by molar-refractivity contribution is 7.26. The molecular weight excluding hydrogens is 655 g/mol. The van der Waals surface area contributed by atoms with Crippen molar-refractivity contribution in [1.29, 1.82) is 0 Å². The Morgan fingerprint density at radius 3 is 1.71 bits per heavy atom. The molecule has 0 saturated carbocycles. The lowest BCUT2D eigenvalue weighted by atomic mass is 10.0. The second kappa shape index (κ2) is 12.6. The van der Waals surface area contributed by atoms with E-state index in [4.69, 9.17) is 9.40 Å². The molecule has 5 heteroatoms. The molecule has 0 amide bonds. The van der Waals surface area contributed by atoms with E-state index in [0.717, 1.165) is 61.6 Å². The second-order valence-corrected chi connectivity index (χ2v) is 13.8. The van der Waals surface area contributed by atoms with Crippen LogP contribution in [0.4, 0.5) is 34.1 Å². The second-order valence-electron chi connectivity index (χ2n) is 12.8. The molecule has 52 heavy (non-hydrogen) atoms. The van der Waals surface area contributed by atoms with Gasteiger partial charge in [-0.25, -0.2) is 4.98 Å². The molecule has 2 aromatic heterocycles. The number of hydrogen-bond acceptors (Lipinski definition) is 5. The van der Waals surface area contributed by atoms with Crippen molar-refractivity contribution in [2.24, 2.45) is 0 Å². The molecule has 0 spiro atoms. The summed E-state index contributed by atoms with van der Waals surface area (Å²) in [6, 6.07) is 65.9. The van der Waals surface area contributed by atoms with Crippen molar-refractivity contribution in [2.45, 2.75) is 0 Å². The van der Waals surface area contributed by atoms with Gasteiger partial charge in [-0.05, 0) is 78.2 Å². The van der Waals surface area contributed by atoms with Crippen LogP contribution in [0, 0.1) is 0 Å². The minimum Gasteiger partial charge on any atom is -0.435 e. The summed E-state index contributed by atoms with van der Waals surface area (Å²) in [5, 5.41) is 4.55. The Bertz CT molecular complexity index is 2810. The van der Waals surface area contributed by atoms with E-state index in [0.29, 0.717) is 5.89 Å². The first-order chi connectivity index (χ1) is 25.8. The van der Waals surface area contributed by atoms with Crippen LogP contribution >= 0.6 is 11.3 Å². The number of aromatic nitrogens is 1. The minimum absolute atomic E-state index is 0.582. The lowest BCUT2D eigenvalue weighted by Gasteiger charge is -2.28. The molecule has 10 rings (SSSR count). The molecule has 4 nitrogen and oxygen atoms in total. The molecule has 0 aliphatic heterocycles. The number of nitrogens with zero attached hydrogens (tertiary/aromatic N) is 3. The summed E-state index contributed by atoms with van der Waals surface area (Å²) in [6.07, 6.45) is 0. The predicted octanol–water partition coefficient (Wildman–Crippen LogP) is 14.0. The lowest BCUT2D eigenvalue weighted by molar-refractivity contribution is 0.623. The van der Waals surface area contributed by atoms with Gasteiger partial charge in [0.15, 0.2) is 5.58 Å². The average molecular weight is 686 g/mol. The monoisotopic (exact) mass is 685 g/mol. The number of fused-ring (bicyclic) bond motifs is 6. The zero-order valence-corrected chi connectivity index (χ0v) is 28.9. The van der Waals surface area contributed by atoms with E-state index in [1.54, 1.807) is 0 Å². The number of rotatable bonds is 7. The van der Waals surface area contributed by atoms with Crippen LogP contribution in [0.15, 0.2) is 192 Å². The third kappa shape index (κ3) is 5.02. The highest BCUT2D eigenvalue weighted by atomic mass is 32.1. The summed E-state index contributed by atoms with van der Waals surface area (Å²) in [5.74, 6) is 0.582. The number of thiophene rings is 1. The fourth-order valence-electron chi connectivity index (χ4n) is 7.34. The summed E-state index contributed by atoms with van der Waals surface area (Å²) in [4.78, 5) is 10.0. The van der Waals surface area contributed by atoms with Gasteiger partial charge in [-0.3, -0.25) is 0 Å². The highest BCUT2D eigenvalue weighted by Crippen LogP contribution is 2.50. The van der Waals surface area contributed by atoms with Crippen LogP contribution in [-0.4, -0.2) is 4.98 Å². The van der Waals surface area contributed by atoms with E-state index in [-0.39, 0.29) is 0 Å². The van der Waals surface area contributed by atoms with Gasteiger partial charge in [0.05, 0.1) is 27.1 Å². The maximum absolute atomic E-state index is 6.97. The van der Waals surface area contributed by atoms with Crippen LogP contribution in [0.25, 0.3) is 53.5 Å². The lowest BCUT2D eigenvalue weighted by Crippen LogP contribution is -2.12. The van der Waals surface area contributed by atoms with Gasteiger partial charge >= 0.3 is 0 Å². The van der Waals surface area contributed by atoms with Crippen LogP contribution in [-0.2, 0) is 0 Å². The van der Waals surface area contributed by atoms with Crippen molar-refractivity contribution in [3.8, 4) is 11.5 Å². The van der Waals surface area contributed by atoms with Gasteiger partial charge in [0, 0.05) is 38.1 Å². The molecular formula is C47H31N3OS. The zero-order chi connectivity index (χ0) is 34.4. The largest absolute Gasteiger partial charge is 0.435 e. The Labute approximate surface area is 305 Å². The predicted molar refractivity (Wildman–Crippen MR) is 219 cm³/mol. The molecule has 0 radical (unpaired) electrons. The van der Waals surface area contributed by atoms with Crippen molar-refractivity contribution in [2.75, 3.05) is 9.80 Å². The minimum atomic E-state index is 0.582. The Balaban J connectivity index is 1.31. The number of oxazole rings is 1. The van der Waals surface area contributed by atoms with E-state index in [2.05, 4.69) is 180 Å². The quantitative estimate of drug-likeness (QED) is 0.167. The van der Waals surface area contributed by atoms with Gasteiger partial charge in [0.25, 0.3) is 0 Å². The average Bonchev–Trinajstić information content (AvgIpc) is 3.83. The molecule has 10 aromatic rings. The summed E-state index contributed by atoms with van der Waals surface area (Å²) in [5.41, 5.74) is 8.69. The van der Waals surface area contributed by atoms with E-state index in [9.17, 15) is 0 Å². The van der Waals surface area contributed by atoms with Crippen LogP contribution < -0.4 is 9.80 Å². The fraction of sp³-hybridized carbons (Fsp3) is 0. The molecule has 0 atom stereocenters. The molecule has 2 heterocycles. The Kier molecular flexibility index (Phi) is 7.29. The van der Waals surface area contributed by atoms with Gasteiger partial charge in [-0.2, -0.15) is 0 Å². The number of anilines is 6. The molecule has 0 aliphatic carbocycles. The Morgan fingerprint density at radius 2 is 1.02 bits per heavy atom. The summed E-state index contributed by atoms with van der Waals surface area (Å²) in [7, 11) is 0. The first kappa shape index (κ1) is 30.2. The van der Waals surface area contributed by atoms with Crippen molar-refractivity contribution in [3.05, 3.63) is 188 Å². The summed E-state index contributed by atoms with van der Waals surface area (Å²) < 4.78 is 9.45. The van der Waals surface area contributed by atoms with Crippen molar-refractivity contribution in [3.63, 3.8) is 0 Å². The molecule has 0 fully saturated rings. The van der Waals surface area contributed by atoms with Gasteiger partial charge in [-0.15, -0.1) is 11.3 Å². The number of hydrogen-bond donors (Lipinski definition) is 0. The molecule has 0 N–H and O–H groups in total. The van der Waals surface area contributed by atoms with Crippen molar-refractivity contribution >= 4 is 87.5 Å². The van der Waals surface area contributed by atoms with E-state index in [1.807, 2.05) is 29.5 Å². The number of para-hydroxylation sites is 3. The maximum atomic E-state index is 6.97. The molecule has 0 aliphatic rings. The van der Waals surface area contributed by atoms with Gasteiger partial charge in [0.1, 0.15) is 5.52 Å². The molecule has 8 aromatic carbocycles. The van der Waals surface area contributed by atoms with E-state index in [1.165, 1.54) is 20.2 Å². The van der Waals surface area contributed by atoms with Crippen LogP contribution in [0.2, 0.25) is 0 Å². The Hall–Kier alpha value is -6.69. The van der Waals surface area contributed by atoms with Gasteiger partial charge in [-0.1, -0.05) is 115 Å². The van der Waals surface area contributed by atoms with Gasteiger partial charge in [0.2, 0.25) is 5.89 Å². The van der Waals surface area contributed by atoms with Crippen LogP contribution in [0.1, 0.15) is 0 Å². The van der Waals surface area contributed by atoms with Crippen LogP contribution in [0.3, 0.4) is 0 Å². The SMILES string of the molecule is c1ccc(-c2nc3c(N(c4ccccc4)c4cccc5c4sc4ccccc45)cc4cccc(N(c5ccccc5)c5ccccc5)c4c3o2)cc1. The fourth-order valence-corrected chi connectivity index (χ4v) is 8.55. The number of benzene rings is 8. The molecule has 0 unspecified atom stereocenters. The summed E-state index contributed by atoms with van der Waals surface area (Å²) in [6.45, 7) is 0. The van der Waals surface area contributed by atoms with Crippen LogP contribution in [0.5, 0.6) is 0 Å². The first-order valence-electron chi connectivity index (χ1n) is 17.4. The van der Waals surface area contributed by atoms with Crippen molar-refractivity contribution in [1.82, 2.24) is 4.98 Å². The molecule has 246 valence electrons. The zero-order valence-electron chi connectivity index (χ0n) is 28.1. The van der Waals surface area contributed by atoms with E-state index < -0.39 is 0 Å². The Morgan fingerprint density at radius 1 is 0.462 bits per heavy atom. The highest BCUT2D eigenvalue weighted by Gasteiger charge is 2.26. The normalized spacial score (nSPS) is 11.5. The van der Waals surface area contributed by atoms with Gasteiger partial charge < -0.3 is 14.2 Å². The third-order valence-electron chi connectivity index (χ3n) is 9.63. The third-order valence-corrected chi connectivity index (χ3v) is 10.8.